The van der Waals surface area contributed by atoms with Crippen molar-refractivity contribution in [2.75, 3.05) is 11.4 Å². The van der Waals surface area contributed by atoms with Crippen LogP contribution >= 0.6 is 0 Å². The van der Waals surface area contributed by atoms with E-state index >= 15 is 0 Å². The molecule has 1 fully saturated rings. The minimum Gasteiger partial charge on any atom is -0.347 e. The zero-order chi connectivity index (χ0) is 21.5. The molecule has 3 heterocycles. The second kappa shape index (κ2) is 7.48. The van der Waals surface area contributed by atoms with E-state index in [1.54, 1.807) is 19.9 Å². The van der Waals surface area contributed by atoms with Crippen molar-refractivity contribution >= 4 is 22.6 Å². The number of nitrogens with zero attached hydrogens (tertiary/aromatic N) is 4. The topological polar surface area (TPSA) is 85.7 Å². The number of hydrogen-bond donors (Lipinski definition) is 1. The molecule has 1 saturated heterocycles. The van der Waals surface area contributed by atoms with Crippen LogP contribution in [0.2, 0.25) is 0 Å². The van der Waals surface area contributed by atoms with Gasteiger partial charge >= 0.3 is 0 Å². The van der Waals surface area contributed by atoms with Crippen LogP contribution in [0, 0.1) is 28.4 Å². The van der Waals surface area contributed by atoms with Gasteiger partial charge in [-0.3, -0.25) is 9.89 Å². The Labute approximate surface area is 172 Å². The maximum absolute atomic E-state index is 14.4. The average Bonchev–Trinajstić information content (AvgIpc) is 3.35. The van der Waals surface area contributed by atoms with Crippen LogP contribution in [0.25, 0.3) is 11.0 Å². The first-order valence-corrected chi connectivity index (χ1v) is 9.79. The summed E-state index contributed by atoms with van der Waals surface area (Å²) in [5, 5.41) is 17.0. The summed E-state index contributed by atoms with van der Waals surface area (Å²) in [4.78, 5) is 18.9. The average molecular weight is 409 g/mol. The first-order chi connectivity index (χ1) is 14.3. The number of aromatic amines is 1. The molecule has 30 heavy (non-hydrogen) atoms. The van der Waals surface area contributed by atoms with E-state index in [1.165, 1.54) is 12.3 Å². The van der Waals surface area contributed by atoms with Gasteiger partial charge in [-0.05, 0) is 51.0 Å². The number of H-pyrrole nitrogens is 1. The number of nitriles is 1. The van der Waals surface area contributed by atoms with E-state index in [0.717, 1.165) is 18.6 Å². The fourth-order valence-electron chi connectivity index (χ4n) is 3.92. The quantitative estimate of drug-likeness (QED) is 0.618. The molecule has 6 nitrogen and oxygen atoms in total. The highest BCUT2D eigenvalue weighted by Crippen LogP contribution is 2.39. The third-order valence-corrected chi connectivity index (χ3v) is 5.47. The highest BCUT2D eigenvalue weighted by atomic mass is 19.1. The molecule has 0 amide bonds. The summed E-state index contributed by atoms with van der Waals surface area (Å²) in [6.07, 6.45) is 3.01. The Morgan fingerprint density at radius 2 is 2.17 bits per heavy atom. The number of hydrogen-bond acceptors (Lipinski definition) is 5. The summed E-state index contributed by atoms with van der Waals surface area (Å²) in [5.74, 6) is -0.573. The number of halogens is 2. The van der Waals surface area contributed by atoms with Gasteiger partial charge in [-0.25, -0.2) is 13.8 Å². The molecular formula is C22H21F2N5O. The maximum Gasteiger partial charge on any atom is 0.166 e. The van der Waals surface area contributed by atoms with Crippen LogP contribution in [0.15, 0.2) is 30.5 Å². The molecule has 8 heteroatoms. The SMILES string of the molecule is CC(C)(C#N)CC(=O)c1cnc2[nH]nc(N3CCC[C@@H]3c3cc(F)ccc3F)c2c1. The lowest BCUT2D eigenvalue weighted by atomic mass is 9.87. The summed E-state index contributed by atoms with van der Waals surface area (Å²) in [6, 6.07) is 6.94. The molecule has 0 aliphatic carbocycles. The lowest BCUT2D eigenvalue weighted by molar-refractivity contribution is 0.0952. The smallest absolute Gasteiger partial charge is 0.166 e. The number of pyridine rings is 1. The monoisotopic (exact) mass is 409 g/mol. The number of aromatic nitrogens is 3. The summed E-state index contributed by atoms with van der Waals surface area (Å²) in [7, 11) is 0. The van der Waals surface area contributed by atoms with Gasteiger partial charge in [0.25, 0.3) is 0 Å². The lowest BCUT2D eigenvalue weighted by Crippen LogP contribution is -2.24. The fourth-order valence-corrected chi connectivity index (χ4v) is 3.92. The third-order valence-electron chi connectivity index (χ3n) is 5.47. The minimum absolute atomic E-state index is 0.0741. The lowest BCUT2D eigenvalue weighted by Gasteiger charge is -2.25. The van der Waals surface area contributed by atoms with Gasteiger partial charge in [0.2, 0.25) is 0 Å². The van der Waals surface area contributed by atoms with Crippen LogP contribution in [-0.4, -0.2) is 27.5 Å². The van der Waals surface area contributed by atoms with Crippen molar-refractivity contribution in [1.82, 2.24) is 15.2 Å². The number of rotatable bonds is 5. The third kappa shape index (κ3) is 3.63. The van der Waals surface area contributed by atoms with Crippen LogP contribution in [0.5, 0.6) is 0 Å². The molecule has 1 aliphatic heterocycles. The van der Waals surface area contributed by atoms with Gasteiger partial charge in [0.15, 0.2) is 17.2 Å². The Morgan fingerprint density at radius 3 is 2.93 bits per heavy atom. The first kappa shape index (κ1) is 20.0. The Morgan fingerprint density at radius 1 is 1.37 bits per heavy atom. The van der Waals surface area contributed by atoms with Gasteiger partial charge in [-0.15, -0.1) is 0 Å². The fraction of sp³-hybridized carbons (Fsp3) is 0.364. The van der Waals surface area contributed by atoms with Crippen LogP contribution in [0.1, 0.15) is 55.1 Å². The Bertz CT molecular complexity index is 1160. The van der Waals surface area contributed by atoms with Gasteiger partial charge < -0.3 is 4.90 Å². The molecule has 0 radical (unpaired) electrons. The van der Waals surface area contributed by atoms with Crippen LogP contribution in [0.3, 0.4) is 0 Å². The number of carbonyl (C=O) groups excluding carboxylic acids is 1. The predicted molar refractivity (Wildman–Crippen MR) is 108 cm³/mol. The van der Waals surface area contributed by atoms with Crippen molar-refractivity contribution in [2.24, 2.45) is 5.41 Å². The van der Waals surface area contributed by atoms with E-state index < -0.39 is 17.0 Å². The van der Waals surface area contributed by atoms with Crippen LogP contribution in [-0.2, 0) is 0 Å². The second-order valence-electron chi connectivity index (χ2n) is 8.28. The number of Topliss-reactive ketones (excluding diaryl/α,β-unsaturated/α-hetero) is 1. The number of anilines is 1. The molecule has 0 saturated carbocycles. The number of benzene rings is 1. The molecule has 2 aromatic heterocycles. The Balaban J connectivity index is 1.71. The minimum atomic E-state index is -0.778. The first-order valence-electron chi connectivity index (χ1n) is 9.79. The van der Waals surface area contributed by atoms with E-state index in [0.29, 0.717) is 40.9 Å². The summed E-state index contributed by atoms with van der Waals surface area (Å²) < 4.78 is 28.2. The molecule has 0 bridgehead atoms. The molecule has 1 aliphatic rings. The summed E-state index contributed by atoms with van der Waals surface area (Å²) >= 11 is 0. The molecule has 1 aromatic carbocycles. The van der Waals surface area contributed by atoms with Crippen molar-refractivity contribution in [1.29, 1.82) is 5.26 Å². The second-order valence-corrected chi connectivity index (χ2v) is 8.28. The molecule has 154 valence electrons. The zero-order valence-electron chi connectivity index (χ0n) is 16.7. The maximum atomic E-state index is 14.4. The number of nitrogens with one attached hydrogen (secondary N) is 1. The number of fused-ring (bicyclic) bond motifs is 1. The molecule has 0 spiro atoms. The molecular weight excluding hydrogens is 388 g/mol. The summed E-state index contributed by atoms with van der Waals surface area (Å²) in [6.45, 7) is 4.05. The van der Waals surface area contributed by atoms with E-state index in [4.69, 9.17) is 0 Å². The number of carbonyl (C=O) groups is 1. The molecule has 4 rings (SSSR count). The highest BCUT2D eigenvalue weighted by Gasteiger charge is 2.32. The van der Waals surface area contributed by atoms with Crippen LogP contribution < -0.4 is 4.90 Å². The standard InChI is InChI=1S/C22H21F2N5O/c1-22(2,12-25)10-19(30)13-8-16-20(26-11-13)27-28-21(16)29-7-3-4-18(29)15-9-14(23)5-6-17(15)24/h5-6,8-9,11,18H,3-4,7,10H2,1-2H3,(H,26,27,28)/t18-/m1/s1. The van der Waals surface area contributed by atoms with Gasteiger partial charge in [0, 0.05) is 30.3 Å². The van der Waals surface area contributed by atoms with Gasteiger partial charge in [-0.2, -0.15) is 10.4 Å². The predicted octanol–water partition coefficient (Wildman–Crippen LogP) is 4.70. The molecule has 0 unspecified atom stereocenters. The highest BCUT2D eigenvalue weighted by molar-refractivity contribution is 6.00. The van der Waals surface area contributed by atoms with Crippen molar-refractivity contribution in [2.45, 2.75) is 39.2 Å². The van der Waals surface area contributed by atoms with E-state index in [-0.39, 0.29) is 18.2 Å². The molecule has 1 atom stereocenters. The van der Waals surface area contributed by atoms with Gasteiger partial charge in [0.1, 0.15) is 11.6 Å². The van der Waals surface area contributed by atoms with E-state index in [1.807, 2.05) is 4.90 Å². The van der Waals surface area contributed by atoms with Crippen molar-refractivity contribution in [3.63, 3.8) is 0 Å². The largest absolute Gasteiger partial charge is 0.347 e. The zero-order valence-corrected chi connectivity index (χ0v) is 16.7. The Kier molecular flexibility index (Phi) is 4.98. The van der Waals surface area contributed by atoms with E-state index in [9.17, 15) is 18.8 Å². The van der Waals surface area contributed by atoms with Crippen molar-refractivity contribution < 1.29 is 13.6 Å². The van der Waals surface area contributed by atoms with Crippen molar-refractivity contribution in [3.05, 3.63) is 53.2 Å². The molecule has 3 aromatic rings. The molecule has 1 N–H and O–H groups in total. The van der Waals surface area contributed by atoms with Gasteiger partial charge in [0.05, 0.1) is 22.9 Å². The number of ketones is 1. The van der Waals surface area contributed by atoms with Gasteiger partial charge in [-0.1, -0.05) is 0 Å². The normalized spacial score (nSPS) is 16.8. The van der Waals surface area contributed by atoms with Crippen molar-refractivity contribution in [3.8, 4) is 6.07 Å². The Hall–Kier alpha value is -3.34. The van der Waals surface area contributed by atoms with Crippen LogP contribution in [0.4, 0.5) is 14.6 Å². The summed E-state index contributed by atoms with van der Waals surface area (Å²) in [5.41, 5.74) is 0.410. The van der Waals surface area contributed by atoms with E-state index in [2.05, 4.69) is 21.3 Å².